The Morgan fingerprint density at radius 2 is 1.64 bits per heavy atom. The molecule has 0 saturated heterocycles. The molecule has 36 heavy (non-hydrogen) atoms. The predicted molar refractivity (Wildman–Crippen MR) is 145 cm³/mol. The van der Waals surface area contributed by atoms with E-state index in [1.165, 1.54) is 17.4 Å². The number of halogens is 2. The SMILES string of the molecule is CC(=O)C1(c2ccc(-c3ccc(-c4sc(F)cc4NC(=O)OC(C)c4cscc4Cl)cc3)cc2)CC1. The second-order valence-corrected chi connectivity index (χ2v) is 11.1. The highest BCUT2D eigenvalue weighted by Crippen LogP contribution is 2.49. The molecule has 1 atom stereocenters. The van der Waals surface area contributed by atoms with E-state index in [-0.39, 0.29) is 11.2 Å². The number of anilines is 1. The van der Waals surface area contributed by atoms with Gasteiger partial charge in [0.2, 0.25) is 0 Å². The number of amides is 1. The molecule has 2 heterocycles. The molecule has 0 bridgehead atoms. The van der Waals surface area contributed by atoms with Gasteiger partial charge in [-0.2, -0.15) is 15.7 Å². The summed E-state index contributed by atoms with van der Waals surface area (Å²) in [4.78, 5) is 25.1. The summed E-state index contributed by atoms with van der Waals surface area (Å²) in [6.07, 6.45) is 0.613. The summed E-state index contributed by atoms with van der Waals surface area (Å²) in [6.45, 7) is 3.40. The van der Waals surface area contributed by atoms with Gasteiger partial charge in [0.15, 0.2) is 5.13 Å². The Bertz CT molecular complexity index is 1420. The third-order valence-electron chi connectivity index (χ3n) is 6.64. The maximum absolute atomic E-state index is 14.2. The lowest BCUT2D eigenvalue weighted by atomic mass is 9.90. The number of carbonyl (C=O) groups is 2. The van der Waals surface area contributed by atoms with Gasteiger partial charge in [-0.15, -0.1) is 11.3 Å². The third-order valence-corrected chi connectivity index (χ3v) is 8.84. The predicted octanol–water partition coefficient (Wildman–Crippen LogP) is 8.87. The number of thiophene rings is 2. The number of hydrogen-bond acceptors (Lipinski definition) is 5. The molecule has 8 heteroatoms. The summed E-state index contributed by atoms with van der Waals surface area (Å²) in [7, 11) is 0. The first-order chi connectivity index (χ1) is 17.3. The Morgan fingerprint density at radius 1 is 1.03 bits per heavy atom. The molecule has 1 unspecified atom stereocenters. The van der Waals surface area contributed by atoms with Crippen LogP contribution >= 0.6 is 34.3 Å². The molecule has 1 fully saturated rings. The fraction of sp³-hybridized carbons (Fsp3) is 0.214. The molecule has 4 nitrogen and oxygen atoms in total. The Balaban J connectivity index is 1.30. The molecule has 4 aromatic rings. The second-order valence-electron chi connectivity index (χ2n) is 8.93. The van der Waals surface area contributed by atoms with Crippen molar-refractivity contribution in [1.82, 2.24) is 0 Å². The molecule has 2 aromatic carbocycles. The maximum Gasteiger partial charge on any atom is 0.412 e. The first-order valence-electron chi connectivity index (χ1n) is 11.5. The number of ketones is 1. The molecule has 0 radical (unpaired) electrons. The minimum Gasteiger partial charge on any atom is -0.441 e. The molecule has 0 spiro atoms. The number of hydrogen-bond donors (Lipinski definition) is 1. The van der Waals surface area contributed by atoms with E-state index < -0.39 is 17.3 Å². The highest BCUT2D eigenvalue weighted by molar-refractivity contribution is 7.14. The average molecular weight is 540 g/mol. The van der Waals surface area contributed by atoms with E-state index in [0.29, 0.717) is 15.6 Å². The van der Waals surface area contributed by atoms with Crippen LogP contribution in [-0.4, -0.2) is 11.9 Å². The zero-order valence-corrected chi connectivity index (χ0v) is 22.0. The van der Waals surface area contributed by atoms with Gasteiger partial charge in [-0.1, -0.05) is 60.1 Å². The molecule has 5 rings (SSSR count). The molecular weight excluding hydrogens is 517 g/mol. The van der Waals surface area contributed by atoms with Crippen molar-refractivity contribution in [2.75, 3.05) is 5.32 Å². The molecule has 2 aromatic heterocycles. The minimum atomic E-state index is -0.681. The number of benzene rings is 2. The molecule has 1 N–H and O–H groups in total. The Labute approximate surface area is 221 Å². The quantitative estimate of drug-likeness (QED) is 0.255. The summed E-state index contributed by atoms with van der Waals surface area (Å²) in [5.74, 6) is 0.223. The van der Waals surface area contributed by atoms with Gasteiger partial charge in [-0.25, -0.2) is 4.79 Å². The van der Waals surface area contributed by atoms with Crippen molar-refractivity contribution in [2.45, 2.75) is 38.2 Å². The van der Waals surface area contributed by atoms with Gasteiger partial charge >= 0.3 is 6.09 Å². The smallest absolute Gasteiger partial charge is 0.412 e. The Hall–Kier alpha value is -3.00. The summed E-state index contributed by atoms with van der Waals surface area (Å²) in [5, 5.41) is 6.41. The van der Waals surface area contributed by atoms with E-state index in [9.17, 15) is 14.0 Å². The molecular formula is C28H23ClFNO3S2. The van der Waals surface area contributed by atoms with Crippen LogP contribution in [0.3, 0.4) is 0 Å². The van der Waals surface area contributed by atoms with Crippen LogP contribution in [0, 0.1) is 5.13 Å². The molecule has 1 saturated carbocycles. The van der Waals surface area contributed by atoms with Gasteiger partial charge in [-0.05, 0) is 54.3 Å². The van der Waals surface area contributed by atoms with Gasteiger partial charge in [0.1, 0.15) is 11.9 Å². The van der Waals surface area contributed by atoms with Crippen LogP contribution in [0.4, 0.5) is 14.9 Å². The van der Waals surface area contributed by atoms with E-state index >= 15 is 0 Å². The minimum absolute atomic E-state index is 0.223. The lowest BCUT2D eigenvalue weighted by molar-refractivity contribution is -0.119. The topological polar surface area (TPSA) is 55.4 Å². The molecule has 184 valence electrons. The van der Waals surface area contributed by atoms with E-state index in [0.717, 1.165) is 52.0 Å². The van der Waals surface area contributed by atoms with Crippen LogP contribution in [0.5, 0.6) is 0 Å². The van der Waals surface area contributed by atoms with Gasteiger partial charge in [0.25, 0.3) is 0 Å². The number of rotatable bonds is 7. The van der Waals surface area contributed by atoms with E-state index in [4.69, 9.17) is 16.3 Å². The third kappa shape index (κ3) is 4.83. The highest BCUT2D eigenvalue weighted by atomic mass is 35.5. The molecule has 1 aliphatic rings. The first kappa shape index (κ1) is 24.7. The fourth-order valence-corrected chi connectivity index (χ4v) is 6.44. The van der Waals surface area contributed by atoms with Crippen molar-refractivity contribution < 1.29 is 18.7 Å². The highest BCUT2D eigenvalue weighted by Gasteiger charge is 2.48. The molecule has 1 amide bonds. The van der Waals surface area contributed by atoms with Crippen molar-refractivity contribution in [3.63, 3.8) is 0 Å². The first-order valence-corrected chi connectivity index (χ1v) is 13.6. The average Bonchev–Trinajstić information content (AvgIpc) is 3.45. The van der Waals surface area contributed by atoms with Crippen LogP contribution < -0.4 is 5.32 Å². The summed E-state index contributed by atoms with van der Waals surface area (Å²) in [6, 6.07) is 17.1. The van der Waals surface area contributed by atoms with E-state index in [1.54, 1.807) is 19.2 Å². The normalized spacial score (nSPS) is 14.8. The van der Waals surface area contributed by atoms with Crippen LogP contribution in [0.25, 0.3) is 21.6 Å². The summed E-state index contributed by atoms with van der Waals surface area (Å²) >= 11 is 8.51. The van der Waals surface area contributed by atoms with Crippen molar-refractivity contribution >= 4 is 51.8 Å². The van der Waals surface area contributed by atoms with Crippen molar-refractivity contribution in [3.8, 4) is 21.6 Å². The zero-order valence-electron chi connectivity index (χ0n) is 19.6. The fourth-order valence-electron chi connectivity index (χ4n) is 4.38. The maximum atomic E-state index is 14.2. The van der Waals surface area contributed by atoms with Crippen molar-refractivity contribution in [2.24, 2.45) is 0 Å². The second kappa shape index (κ2) is 9.81. The van der Waals surface area contributed by atoms with Gasteiger partial charge in [0.05, 0.1) is 21.0 Å². The van der Waals surface area contributed by atoms with Gasteiger partial charge in [-0.3, -0.25) is 10.1 Å². The standard InChI is InChI=1S/C28H23ClFNO3S2/c1-16(22-14-35-15-23(22)29)34-27(33)31-24-13-25(30)36-26(24)20-5-3-18(4-6-20)19-7-9-21(10-8-19)28(11-12-28)17(2)32/h3-10,13-16H,11-12H2,1-2H3,(H,31,33). The van der Waals surface area contributed by atoms with E-state index in [2.05, 4.69) is 5.32 Å². The van der Waals surface area contributed by atoms with Crippen LogP contribution in [0.2, 0.25) is 5.02 Å². The number of ether oxygens (including phenoxy) is 1. The summed E-state index contributed by atoms with van der Waals surface area (Å²) < 4.78 is 19.6. The van der Waals surface area contributed by atoms with Crippen LogP contribution in [0.15, 0.2) is 65.4 Å². The van der Waals surface area contributed by atoms with Gasteiger partial charge < -0.3 is 4.74 Å². The lowest BCUT2D eigenvalue weighted by Gasteiger charge is -2.14. The summed E-state index contributed by atoms with van der Waals surface area (Å²) in [5.41, 5.74) is 4.68. The Kier molecular flexibility index (Phi) is 6.72. The number of Topliss-reactive ketones (excluding diaryl/α,β-unsaturated/α-hetero) is 1. The largest absolute Gasteiger partial charge is 0.441 e. The molecule has 1 aliphatic carbocycles. The number of carbonyl (C=O) groups excluding carboxylic acids is 2. The Morgan fingerprint density at radius 3 is 2.19 bits per heavy atom. The van der Waals surface area contributed by atoms with E-state index in [1.807, 2.05) is 53.9 Å². The van der Waals surface area contributed by atoms with Crippen molar-refractivity contribution in [3.05, 3.63) is 86.6 Å². The van der Waals surface area contributed by atoms with Crippen molar-refractivity contribution in [1.29, 1.82) is 0 Å². The number of nitrogens with one attached hydrogen (secondary N) is 1. The van der Waals surface area contributed by atoms with Crippen LogP contribution in [-0.2, 0) is 14.9 Å². The zero-order chi connectivity index (χ0) is 25.4. The van der Waals surface area contributed by atoms with Crippen LogP contribution in [0.1, 0.15) is 43.9 Å². The monoisotopic (exact) mass is 539 g/mol. The molecule has 0 aliphatic heterocycles. The van der Waals surface area contributed by atoms with Gasteiger partial charge in [0, 0.05) is 17.0 Å². The lowest BCUT2D eigenvalue weighted by Crippen LogP contribution is -2.16.